The average Bonchev–Trinajstić information content (AvgIpc) is 2.86. The number of anilines is 1. The zero-order valence-corrected chi connectivity index (χ0v) is 19.7. The summed E-state index contributed by atoms with van der Waals surface area (Å²) in [6.07, 6.45) is 0. The predicted octanol–water partition coefficient (Wildman–Crippen LogP) is 2.52. The molecule has 3 aromatic rings. The number of ether oxygens (including phenoxy) is 2. The fraction of sp³-hybridized carbons (Fsp3) is 0.125. The second kappa shape index (κ2) is 11.0. The van der Waals surface area contributed by atoms with Crippen molar-refractivity contribution >= 4 is 27.5 Å². The Hall–Kier alpha value is -4.56. The van der Waals surface area contributed by atoms with Crippen molar-refractivity contribution in [3.63, 3.8) is 0 Å². The molecule has 11 heteroatoms. The third-order valence-corrected chi connectivity index (χ3v) is 6.15. The van der Waals surface area contributed by atoms with Crippen molar-refractivity contribution < 1.29 is 27.5 Å². The van der Waals surface area contributed by atoms with Crippen molar-refractivity contribution in [2.45, 2.75) is 11.8 Å². The summed E-state index contributed by atoms with van der Waals surface area (Å²) in [6.45, 7) is 1.25. The van der Waals surface area contributed by atoms with Gasteiger partial charge >= 0.3 is 0 Å². The van der Waals surface area contributed by atoms with Crippen LogP contribution in [0.1, 0.15) is 21.5 Å². The van der Waals surface area contributed by atoms with Gasteiger partial charge in [-0.25, -0.2) is 8.42 Å². The lowest BCUT2D eigenvalue weighted by molar-refractivity contribution is -0.123. The zero-order valence-electron chi connectivity index (χ0n) is 18.9. The van der Waals surface area contributed by atoms with Crippen LogP contribution in [0.15, 0.2) is 71.6 Å². The molecule has 0 aromatic heterocycles. The van der Waals surface area contributed by atoms with Gasteiger partial charge in [0.1, 0.15) is 11.5 Å². The molecular weight excluding hydrogens is 472 g/mol. The largest absolute Gasteiger partial charge is 0.495 e. The fourth-order valence-electron chi connectivity index (χ4n) is 2.95. The molecule has 0 aliphatic rings. The van der Waals surface area contributed by atoms with E-state index in [-0.39, 0.29) is 22.8 Å². The molecule has 2 amide bonds. The van der Waals surface area contributed by atoms with Crippen molar-refractivity contribution in [2.24, 2.45) is 0 Å². The molecule has 0 spiro atoms. The highest BCUT2D eigenvalue weighted by Crippen LogP contribution is 2.26. The summed E-state index contributed by atoms with van der Waals surface area (Å²) in [5.41, 5.74) is 5.72. The van der Waals surface area contributed by atoms with E-state index in [1.54, 1.807) is 55.5 Å². The standard InChI is InChI=1S/C24H22N4O6S/c1-16-7-12-19(35(31,32)28-21-5-3-4-6-22(21)33-2)13-20(16)24(30)27-26-23(29)15-34-18-10-8-17(14-25)9-11-18/h3-13,28H,15H2,1-2H3,(H,26,29)(H,27,30). The van der Waals surface area contributed by atoms with Crippen molar-refractivity contribution in [1.82, 2.24) is 10.9 Å². The molecule has 10 nitrogen and oxygen atoms in total. The predicted molar refractivity (Wildman–Crippen MR) is 127 cm³/mol. The molecule has 0 unspecified atom stereocenters. The minimum absolute atomic E-state index is 0.0567. The number of carbonyl (C=O) groups excluding carboxylic acids is 2. The summed E-state index contributed by atoms with van der Waals surface area (Å²) in [4.78, 5) is 24.5. The van der Waals surface area contributed by atoms with E-state index in [4.69, 9.17) is 14.7 Å². The average molecular weight is 495 g/mol. The first kappa shape index (κ1) is 25.1. The van der Waals surface area contributed by atoms with Crippen molar-refractivity contribution in [1.29, 1.82) is 5.26 Å². The summed E-state index contributed by atoms with van der Waals surface area (Å²) in [5.74, 6) is -0.626. The number of hydrogen-bond acceptors (Lipinski definition) is 7. The Bertz CT molecular complexity index is 1380. The SMILES string of the molecule is COc1ccccc1NS(=O)(=O)c1ccc(C)c(C(=O)NNC(=O)COc2ccc(C#N)cc2)c1. The lowest BCUT2D eigenvalue weighted by Gasteiger charge is -2.14. The van der Waals surface area contributed by atoms with Crippen LogP contribution in [0.2, 0.25) is 0 Å². The van der Waals surface area contributed by atoms with Gasteiger partial charge in [-0.05, 0) is 61.0 Å². The minimum atomic E-state index is -4.03. The maximum Gasteiger partial charge on any atom is 0.276 e. The van der Waals surface area contributed by atoms with Gasteiger partial charge in [-0.1, -0.05) is 18.2 Å². The maximum atomic E-state index is 12.9. The Balaban J connectivity index is 1.64. The van der Waals surface area contributed by atoms with Crippen LogP contribution in [0.25, 0.3) is 0 Å². The van der Waals surface area contributed by atoms with Crippen LogP contribution in [-0.4, -0.2) is 33.9 Å². The molecule has 0 saturated heterocycles. The van der Waals surface area contributed by atoms with E-state index in [0.29, 0.717) is 22.6 Å². The van der Waals surface area contributed by atoms with Crippen molar-refractivity contribution in [3.05, 3.63) is 83.4 Å². The first-order valence-electron chi connectivity index (χ1n) is 10.2. The molecule has 3 aromatic carbocycles. The van der Waals surface area contributed by atoms with Crippen molar-refractivity contribution in [3.8, 4) is 17.6 Å². The lowest BCUT2D eigenvalue weighted by atomic mass is 10.1. The number of nitriles is 1. The highest BCUT2D eigenvalue weighted by Gasteiger charge is 2.20. The monoisotopic (exact) mass is 494 g/mol. The Morgan fingerprint density at radius 2 is 1.71 bits per heavy atom. The van der Waals surface area contributed by atoms with Gasteiger partial charge in [0.25, 0.3) is 21.8 Å². The number of nitrogens with zero attached hydrogens (tertiary/aromatic N) is 1. The smallest absolute Gasteiger partial charge is 0.276 e. The summed E-state index contributed by atoms with van der Waals surface area (Å²) in [5, 5.41) is 8.79. The molecule has 35 heavy (non-hydrogen) atoms. The molecule has 3 N–H and O–H groups in total. The van der Waals surface area contributed by atoms with Crippen LogP contribution in [0.3, 0.4) is 0 Å². The number of carbonyl (C=O) groups is 2. The Kier molecular flexibility index (Phi) is 7.91. The molecule has 0 fully saturated rings. The number of nitrogens with one attached hydrogen (secondary N) is 3. The van der Waals surface area contributed by atoms with Gasteiger partial charge in [0, 0.05) is 5.56 Å². The molecule has 3 rings (SSSR count). The molecule has 180 valence electrons. The highest BCUT2D eigenvalue weighted by molar-refractivity contribution is 7.92. The summed E-state index contributed by atoms with van der Waals surface area (Å²) >= 11 is 0. The van der Waals surface area contributed by atoms with Crippen LogP contribution >= 0.6 is 0 Å². The fourth-order valence-corrected chi connectivity index (χ4v) is 4.05. The van der Waals surface area contributed by atoms with E-state index < -0.39 is 21.8 Å². The van der Waals surface area contributed by atoms with E-state index in [2.05, 4.69) is 15.6 Å². The number of aryl methyl sites for hydroxylation is 1. The summed E-state index contributed by atoms with van der Waals surface area (Å²) in [7, 11) is -2.61. The molecule has 0 heterocycles. The normalized spacial score (nSPS) is 10.5. The summed E-state index contributed by atoms with van der Waals surface area (Å²) in [6, 6.07) is 18.7. The number of amides is 2. The van der Waals surface area contributed by atoms with Crippen LogP contribution in [0.4, 0.5) is 5.69 Å². The quantitative estimate of drug-likeness (QED) is 0.408. The summed E-state index contributed by atoms with van der Waals surface area (Å²) < 4.78 is 38.7. The topological polar surface area (TPSA) is 147 Å². The van der Waals surface area contributed by atoms with Crippen LogP contribution < -0.4 is 25.0 Å². The Morgan fingerprint density at radius 1 is 1.00 bits per heavy atom. The van der Waals surface area contributed by atoms with Gasteiger partial charge < -0.3 is 9.47 Å². The molecule has 0 atom stereocenters. The van der Waals surface area contributed by atoms with Gasteiger partial charge in [-0.3, -0.25) is 25.2 Å². The van der Waals surface area contributed by atoms with E-state index >= 15 is 0 Å². The second-order valence-corrected chi connectivity index (χ2v) is 8.89. The maximum absolute atomic E-state index is 12.9. The molecular formula is C24H22N4O6S. The third-order valence-electron chi connectivity index (χ3n) is 4.78. The van der Waals surface area contributed by atoms with E-state index in [0.717, 1.165) is 0 Å². The van der Waals surface area contributed by atoms with Crippen LogP contribution in [0.5, 0.6) is 11.5 Å². The number of hydrogen-bond donors (Lipinski definition) is 3. The van der Waals surface area contributed by atoms with E-state index in [9.17, 15) is 18.0 Å². The molecule has 0 radical (unpaired) electrons. The number of sulfonamides is 1. The van der Waals surface area contributed by atoms with E-state index in [1.165, 1.54) is 25.3 Å². The molecule has 0 aliphatic carbocycles. The van der Waals surface area contributed by atoms with E-state index in [1.807, 2.05) is 6.07 Å². The minimum Gasteiger partial charge on any atom is -0.495 e. The molecule has 0 bridgehead atoms. The first-order valence-corrected chi connectivity index (χ1v) is 11.7. The number of benzene rings is 3. The Morgan fingerprint density at radius 3 is 2.40 bits per heavy atom. The third kappa shape index (κ3) is 6.49. The van der Waals surface area contributed by atoms with Crippen molar-refractivity contribution in [2.75, 3.05) is 18.4 Å². The second-order valence-electron chi connectivity index (χ2n) is 7.21. The zero-order chi connectivity index (χ0) is 25.4. The van der Waals surface area contributed by atoms with Crippen LogP contribution in [0, 0.1) is 18.3 Å². The number of methoxy groups -OCH3 is 1. The Labute approximate surface area is 202 Å². The molecule has 0 saturated carbocycles. The van der Waals surface area contributed by atoms with Crippen LogP contribution in [-0.2, 0) is 14.8 Å². The van der Waals surface area contributed by atoms with Gasteiger partial charge in [0.2, 0.25) is 0 Å². The van der Waals surface area contributed by atoms with Gasteiger partial charge in [0.05, 0.1) is 29.3 Å². The lowest BCUT2D eigenvalue weighted by Crippen LogP contribution is -2.44. The first-order chi connectivity index (χ1) is 16.7. The number of rotatable bonds is 8. The van der Waals surface area contributed by atoms with Gasteiger partial charge in [0.15, 0.2) is 6.61 Å². The van der Waals surface area contributed by atoms with Gasteiger partial charge in [-0.15, -0.1) is 0 Å². The number of para-hydroxylation sites is 2. The number of hydrazine groups is 1. The highest BCUT2D eigenvalue weighted by atomic mass is 32.2. The van der Waals surface area contributed by atoms with Gasteiger partial charge in [-0.2, -0.15) is 5.26 Å². The molecule has 0 aliphatic heterocycles.